The summed E-state index contributed by atoms with van der Waals surface area (Å²) in [5.41, 5.74) is -1.11. The van der Waals surface area contributed by atoms with E-state index in [1.54, 1.807) is 0 Å². The molecule has 0 spiro atoms. The first kappa shape index (κ1) is 15.8. The van der Waals surface area contributed by atoms with Crippen molar-refractivity contribution in [3.63, 3.8) is 0 Å². The van der Waals surface area contributed by atoms with Crippen LogP contribution >= 0.6 is 0 Å². The minimum absolute atomic E-state index is 0.0891. The molecular formula is C13H16F4N2O2. The number of hydrogen-bond donors (Lipinski definition) is 1. The summed E-state index contributed by atoms with van der Waals surface area (Å²) in [6, 6.07) is 0. The molecule has 0 bridgehead atoms. The number of aromatic carboxylic acids is 1. The summed E-state index contributed by atoms with van der Waals surface area (Å²) >= 11 is 0. The summed E-state index contributed by atoms with van der Waals surface area (Å²) in [5, 5.41) is 12.8. The van der Waals surface area contributed by atoms with Crippen LogP contribution in [0.1, 0.15) is 47.9 Å². The van der Waals surface area contributed by atoms with Crippen LogP contribution in [0.3, 0.4) is 0 Å². The number of rotatable bonds is 4. The van der Waals surface area contributed by atoms with Gasteiger partial charge in [-0.05, 0) is 19.3 Å². The normalized spacial score (nSPS) is 21.7. The lowest BCUT2D eigenvalue weighted by molar-refractivity contribution is 0.00344. The largest absolute Gasteiger partial charge is 0.477 e. The van der Waals surface area contributed by atoms with Crippen LogP contribution in [-0.2, 0) is 12.5 Å². The first-order valence-electron chi connectivity index (χ1n) is 6.58. The summed E-state index contributed by atoms with van der Waals surface area (Å²) < 4.78 is 54.1. The fraction of sp³-hybridized carbons (Fsp3) is 0.692. The highest BCUT2D eigenvalue weighted by atomic mass is 19.3. The van der Waals surface area contributed by atoms with Gasteiger partial charge in [-0.25, -0.2) is 13.6 Å². The molecule has 2 rings (SSSR count). The third-order valence-electron chi connectivity index (χ3n) is 3.74. The van der Waals surface area contributed by atoms with E-state index in [4.69, 9.17) is 5.11 Å². The lowest BCUT2D eigenvalue weighted by Crippen LogP contribution is -2.18. The van der Waals surface area contributed by atoms with Crippen LogP contribution in [0.2, 0.25) is 0 Å². The lowest BCUT2D eigenvalue weighted by atomic mass is 10.1. The second-order valence-corrected chi connectivity index (χ2v) is 5.66. The lowest BCUT2D eigenvalue weighted by Gasteiger charge is -2.12. The van der Waals surface area contributed by atoms with Gasteiger partial charge in [0, 0.05) is 31.9 Å². The Balaban J connectivity index is 2.33. The fourth-order valence-corrected chi connectivity index (χ4v) is 2.81. The summed E-state index contributed by atoms with van der Waals surface area (Å²) in [5.74, 6) is -7.90. The maximum Gasteiger partial charge on any atom is 0.354 e. The first-order chi connectivity index (χ1) is 9.51. The van der Waals surface area contributed by atoms with Crippen molar-refractivity contribution in [1.29, 1.82) is 0 Å². The monoisotopic (exact) mass is 308 g/mol. The van der Waals surface area contributed by atoms with Gasteiger partial charge in [-0.1, -0.05) is 0 Å². The Hall–Kier alpha value is -1.60. The van der Waals surface area contributed by atoms with Crippen molar-refractivity contribution in [2.45, 2.75) is 51.5 Å². The maximum absolute atomic E-state index is 13.4. The highest BCUT2D eigenvalue weighted by molar-refractivity contribution is 5.87. The molecule has 1 aliphatic rings. The molecule has 1 fully saturated rings. The Morgan fingerprint density at radius 2 is 2.14 bits per heavy atom. The molecule has 0 saturated heterocycles. The van der Waals surface area contributed by atoms with Crippen molar-refractivity contribution in [2.24, 2.45) is 5.92 Å². The number of carboxylic acid groups (broad SMARTS) is 1. The number of nitrogens with zero attached hydrogens (tertiary/aromatic N) is 2. The van der Waals surface area contributed by atoms with Crippen molar-refractivity contribution >= 4 is 5.97 Å². The molecule has 1 aromatic rings. The number of carbonyl (C=O) groups is 1. The molecule has 21 heavy (non-hydrogen) atoms. The van der Waals surface area contributed by atoms with Crippen LogP contribution in [-0.4, -0.2) is 26.8 Å². The average Bonchev–Trinajstić information content (AvgIpc) is 2.79. The molecule has 118 valence electrons. The van der Waals surface area contributed by atoms with E-state index in [-0.39, 0.29) is 37.1 Å². The van der Waals surface area contributed by atoms with E-state index < -0.39 is 29.4 Å². The van der Waals surface area contributed by atoms with Gasteiger partial charge in [0.2, 0.25) is 5.92 Å². The molecule has 1 atom stereocenters. The zero-order valence-corrected chi connectivity index (χ0v) is 11.7. The number of halogens is 4. The molecule has 1 N–H and O–H groups in total. The highest BCUT2D eigenvalue weighted by Crippen LogP contribution is 2.40. The van der Waals surface area contributed by atoms with Crippen molar-refractivity contribution < 1.29 is 27.5 Å². The number of carboxylic acids is 1. The van der Waals surface area contributed by atoms with Crippen molar-refractivity contribution in [3.8, 4) is 0 Å². The van der Waals surface area contributed by atoms with Crippen LogP contribution in [0.25, 0.3) is 0 Å². The van der Waals surface area contributed by atoms with E-state index >= 15 is 0 Å². The van der Waals surface area contributed by atoms with E-state index in [9.17, 15) is 22.4 Å². The van der Waals surface area contributed by atoms with Crippen LogP contribution in [0.5, 0.6) is 0 Å². The Bertz CT molecular complexity index is 563. The zero-order chi connectivity index (χ0) is 16.0. The molecule has 0 unspecified atom stereocenters. The van der Waals surface area contributed by atoms with Crippen LogP contribution in [0.15, 0.2) is 0 Å². The number of alkyl halides is 4. The maximum atomic E-state index is 13.4. The molecule has 8 heteroatoms. The van der Waals surface area contributed by atoms with Crippen molar-refractivity contribution in [1.82, 2.24) is 9.78 Å². The number of hydrogen-bond acceptors (Lipinski definition) is 2. The van der Waals surface area contributed by atoms with Gasteiger partial charge in [0.05, 0.1) is 0 Å². The van der Waals surface area contributed by atoms with Gasteiger partial charge in [-0.3, -0.25) is 4.68 Å². The summed E-state index contributed by atoms with van der Waals surface area (Å²) in [6.07, 6.45) is -0.414. The SMILES string of the molecule is Cc1c(C(C)(F)F)nn(C[C@H]2CCC(F)(F)C2)c1C(=O)O. The molecule has 1 aliphatic carbocycles. The minimum Gasteiger partial charge on any atom is -0.477 e. The Kier molecular flexibility index (Phi) is 3.75. The predicted octanol–water partition coefficient (Wildman–Crippen LogP) is 3.44. The van der Waals surface area contributed by atoms with E-state index in [1.165, 1.54) is 6.92 Å². The molecule has 0 aromatic carbocycles. The second kappa shape index (κ2) is 4.99. The molecule has 1 aromatic heterocycles. The van der Waals surface area contributed by atoms with E-state index in [0.717, 1.165) is 4.68 Å². The standard InChI is InChI=1S/C13H16F4N2O2/c1-7-9(11(20)21)19(18-10(7)12(2,14)15)6-8-3-4-13(16,17)5-8/h8H,3-6H2,1-2H3,(H,20,21)/t8-/m0/s1. The number of aromatic nitrogens is 2. The third kappa shape index (κ3) is 3.19. The highest BCUT2D eigenvalue weighted by Gasteiger charge is 2.41. The third-order valence-corrected chi connectivity index (χ3v) is 3.74. The van der Waals surface area contributed by atoms with Gasteiger partial charge < -0.3 is 5.11 Å². The summed E-state index contributed by atoms with van der Waals surface area (Å²) in [6.45, 7) is 1.79. The average molecular weight is 308 g/mol. The molecule has 4 nitrogen and oxygen atoms in total. The van der Waals surface area contributed by atoms with Gasteiger partial charge in [0.25, 0.3) is 5.92 Å². The smallest absolute Gasteiger partial charge is 0.354 e. The van der Waals surface area contributed by atoms with Crippen LogP contribution in [0, 0.1) is 12.8 Å². The fourth-order valence-electron chi connectivity index (χ4n) is 2.81. The van der Waals surface area contributed by atoms with E-state index in [2.05, 4.69) is 5.10 Å². The van der Waals surface area contributed by atoms with Crippen LogP contribution in [0.4, 0.5) is 17.6 Å². The molecule has 1 heterocycles. The van der Waals surface area contributed by atoms with Gasteiger partial charge in [0.15, 0.2) is 0 Å². The van der Waals surface area contributed by atoms with Crippen molar-refractivity contribution in [3.05, 3.63) is 17.0 Å². The first-order valence-corrected chi connectivity index (χ1v) is 6.58. The molecule has 0 amide bonds. The Labute approximate surface area is 118 Å². The van der Waals surface area contributed by atoms with Gasteiger partial charge in [-0.15, -0.1) is 0 Å². The molecule has 1 saturated carbocycles. The molecule has 0 aliphatic heterocycles. The minimum atomic E-state index is -3.28. The Morgan fingerprint density at radius 3 is 2.57 bits per heavy atom. The summed E-state index contributed by atoms with van der Waals surface area (Å²) in [4.78, 5) is 11.2. The quantitative estimate of drug-likeness (QED) is 0.867. The van der Waals surface area contributed by atoms with Crippen LogP contribution < -0.4 is 0 Å². The zero-order valence-electron chi connectivity index (χ0n) is 11.7. The predicted molar refractivity (Wildman–Crippen MR) is 65.8 cm³/mol. The molecule has 0 radical (unpaired) electrons. The van der Waals surface area contributed by atoms with Gasteiger partial charge in [-0.2, -0.15) is 13.9 Å². The van der Waals surface area contributed by atoms with Crippen molar-refractivity contribution in [2.75, 3.05) is 0 Å². The van der Waals surface area contributed by atoms with Gasteiger partial charge in [0.1, 0.15) is 11.4 Å². The topological polar surface area (TPSA) is 55.1 Å². The second-order valence-electron chi connectivity index (χ2n) is 5.66. The summed E-state index contributed by atoms with van der Waals surface area (Å²) in [7, 11) is 0. The Morgan fingerprint density at radius 1 is 1.52 bits per heavy atom. The van der Waals surface area contributed by atoms with Gasteiger partial charge >= 0.3 is 5.97 Å². The van der Waals surface area contributed by atoms with E-state index in [1.807, 2.05) is 0 Å². The van der Waals surface area contributed by atoms with E-state index in [0.29, 0.717) is 6.92 Å². The molecular weight excluding hydrogens is 292 g/mol.